The summed E-state index contributed by atoms with van der Waals surface area (Å²) in [7, 11) is 0. The lowest BCUT2D eigenvalue weighted by Crippen LogP contribution is -2.40. The van der Waals surface area contributed by atoms with E-state index < -0.39 is 0 Å². The first-order chi connectivity index (χ1) is 18.4. The quantitative estimate of drug-likeness (QED) is 0.454. The van der Waals surface area contributed by atoms with Gasteiger partial charge in [0.15, 0.2) is 5.65 Å². The first-order valence-corrected chi connectivity index (χ1v) is 13.2. The zero-order valence-electron chi connectivity index (χ0n) is 21.7. The smallest absolute Gasteiger partial charge is 0.277 e. The van der Waals surface area contributed by atoms with Crippen LogP contribution < -0.4 is 5.56 Å². The Kier molecular flexibility index (Phi) is 6.10. The molecule has 8 heteroatoms. The molecule has 2 aliphatic rings. The first kappa shape index (κ1) is 24.2. The molecule has 1 saturated heterocycles. The van der Waals surface area contributed by atoms with Crippen molar-refractivity contribution in [1.29, 1.82) is 0 Å². The number of carbonyl (C=O) groups is 2. The lowest BCUT2D eigenvalue weighted by molar-refractivity contribution is 0.0703. The summed E-state index contributed by atoms with van der Waals surface area (Å²) in [6, 6.07) is 17.2. The molecule has 0 aliphatic carbocycles. The summed E-state index contributed by atoms with van der Waals surface area (Å²) < 4.78 is 1.50. The van der Waals surface area contributed by atoms with Crippen LogP contribution in [0.25, 0.3) is 5.65 Å². The standard InChI is InChI=1S/C30H31N5O3/c1-19-6-3-8-21(14-19)28(36)33-12-5-10-23(17-33)26-16-27-31-25-11-13-34(18-24(25)30(38)35(27)32-26)29(37)22-9-4-7-20(2)15-22/h3-4,6-9,14-16,23,32H,5,10-13,17-18H2,1-2H3. The number of benzene rings is 2. The molecule has 2 amide bonds. The summed E-state index contributed by atoms with van der Waals surface area (Å²) in [5, 5.41) is 3.28. The number of carbonyl (C=O) groups excluding carboxylic acids is 2. The Hall–Kier alpha value is -4.20. The van der Waals surface area contributed by atoms with Gasteiger partial charge in [0.05, 0.1) is 17.8 Å². The van der Waals surface area contributed by atoms with Crippen molar-refractivity contribution in [3.05, 3.63) is 104 Å². The third-order valence-electron chi connectivity index (χ3n) is 7.75. The molecule has 8 nitrogen and oxygen atoms in total. The van der Waals surface area contributed by atoms with Crippen molar-refractivity contribution in [2.45, 2.75) is 45.6 Å². The van der Waals surface area contributed by atoms with E-state index in [4.69, 9.17) is 4.98 Å². The van der Waals surface area contributed by atoms with Crippen molar-refractivity contribution >= 4 is 17.5 Å². The molecular weight excluding hydrogens is 478 g/mol. The third-order valence-corrected chi connectivity index (χ3v) is 7.75. The van der Waals surface area contributed by atoms with E-state index in [1.54, 1.807) is 4.90 Å². The molecule has 38 heavy (non-hydrogen) atoms. The summed E-state index contributed by atoms with van der Waals surface area (Å²) in [4.78, 5) is 48.2. The zero-order valence-corrected chi connectivity index (χ0v) is 21.7. The van der Waals surface area contributed by atoms with Crippen LogP contribution in [-0.2, 0) is 13.0 Å². The van der Waals surface area contributed by atoms with E-state index >= 15 is 0 Å². The van der Waals surface area contributed by atoms with Crippen LogP contribution in [0, 0.1) is 13.8 Å². The van der Waals surface area contributed by atoms with Gasteiger partial charge in [-0.05, 0) is 51.0 Å². The van der Waals surface area contributed by atoms with E-state index in [1.807, 2.05) is 73.3 Å². The second-order valence-electron chi connectivity index (χ2n) is 10.6. The average Bonchev–Trinajstić information content (AvgIpc) is 3.37. The van der Waals surface area contributed by atoms with Crippen molar-refractivity contribution in [3.63, 3.8) is 0 Å². The third kappa shape index (κ3) is 4.40. The van der Waals surface area contributed by atoms with Gasteiger partial charge in [-0.25, -0.2) is 9.50 Å². The number of hydrogen-bond donors (Lipinski definition) is 1. The van der Waals surface area contributed by atoms with Gasteiger partial charge in [0, 0.05) is 54.9 Å². The molecule has 4 heterocycles. The second-order valence-corrected chi connectivity index (χ2v) is 10.6. The van der Waals surface area contributed by atoms with E-state index in [9.17, 15) is 14.4 Å². The molecular formula is C30H31N5O3. The van der Waals surface area contributed by atoms with Crippen molar-refractivity contribution in [3.8, 4) is 0 Å². The number of amides is 2. The Balaban J connectivity index is 1.25. The second kappa shape index (κ2) is 9.59. The largest absolute Gasteiger partial charge is 0.338 e. The van der Waals surface area contributed by atoms with E-state index in [1.165, 1.54) is 4.52 Å². The topological polar surface area (TPSA) is 90.8 Å². The van der Waals surface area contributed by atoms with E-state index in [0.29, 0.717) is 41.8 Å². The normalized spacial score (nSPS) is 17.5. The molecule has 0 radical (unpaired) electrons. The molecule has 2 aliphatic heterocycles. The van der Waals surface area contributed by atoms with E-state index in [-0.39, 0.29) is 29.8 Å². The molecule has 2 aromatic heterocycles. The average molecular weight is 510 g/mol. The van der Waals surface area contributed by atoms with Gasteiger partial charge >= 0.3 is 0 Å². The molecule has 4 aromatic rings. The van der Waals surface area contributed by atoms with Gasteiger partial charge < -0.3 is 9.80 Å². The Morgan fingerprint density at radius 2 is 1.61 bits per heavy atom. The Morgan fingerprint density at radius 3 is 2.29 bits per heavy atom. The molecule has 1 atom stereocenters. The molecule has 1 N–H and O–H groups in total. The SMILES string of the molecule is Cc1cccc(C(=O)N2CCc3nc4cc(C5CCCN(C(=O)c6cccc(C)c6)C5)[nH]n4c(=O)c3C2)c1. The minimum absolute atomic E-state index is 0.0404. The van der Waals surface area contributed by atoms with E-state index in [0.717, 1.165) is 41.9 Å². The fourth-order valence-corrected chi connectivity index (χ4v) is 5.72. The highest BCUT2D eigenvalue weighted by atomic mass is 16.2. The number of H-pyrrole nitrogens is 1. The number of nitrogens with zero attached hydrogens (tertiary/aromatic N) is 4. The number of aryl methyl sites for hydroxylation is 2. The monoisotopic (exact) mass is 509 g/mol. The van der Waals surface area contributed by atoms with Crippen LogP contribution in [0.2, 0.25) is 0 Å². The Labute approximate surface area is 220 Å². The highest BCUT2D eigenvalue weighted by molar-refractivity contribution is 5.95. The molecule has 0 spiro atoms. The van der Waals surface area contributed by atoms with E-state index in [2.05, 4.69) is 5.10 Å². The Bertz CT molecular complexity index is 1620. The minimum Gasteiger partial charge on any atom is -0.338 e. The zero-order chi connectivity index (χ0) is 26.4. The van der Waals surface area contributed by atoms with Gasteiger partial charge in [-0.2, -0.15) is 0 Å². The number of likely N-dealkylation sites (tertiary alicyclic amines) is 1. The summed E-state index contributed by atoms with van der Waals surface area (Å²) in [5.74, 6) is 0.0604. The molecule has 6 rings (SSSR count). The number of piperidine rings is 1. The molecule has 194 valence electrons. The maximum atomic E-state index is 13.5. The number of aromatic amines is 1. The maximum Gasteiger partial charge on any atom is 0.277 e. The molecule has 2 aromatic carbocycles. The van der Waals surface area contributed by atoms with Crippen LogP contribution in [0.5, 0.6) is 0 Å². The first-order valence-electron chi connectivity index (χ1n) is 13.2. The van der Waals surface area contributed by atoms with Crippen LogP contribution in [0.4, 0.5) is 0 Å². The Morgan fingerprint density at radius 1 is 0.921 bits per heavy atom. The minimum atomic E-state index is -0.165. The van der Waals surface area contributed by atoms with Gasteiger partial charge in [-0.15, -0.1) is 0 Å². The molecule has 1 fully saturated rings. The molecule has 1 unspecified atom stereocenters. The van der Waals surface area contributed by atoms with Crippen LogP contribution in [0.3, 0.4) is 0 Å². The van der Waals surface area contributed by atoms with Crippen LogP contribution >= 0.6 is 0 Å². The molecule has 0 bridgehead atoms. The number of rotatable bonds is 3. The van der Waals surface area contributed by atoms with Gasteiger partial charge in [0.25, 0.3) is 17.4 Å². The predicted octanol–water partition coefficient (Wildman–Crippen LogP) is 3.86. The fourth-order valence-electron chi connectivity index (χ4n) is 5.72. The van der Waals surface area contributed by atoms with Gasteiger partial charge in [0.2, 0.25) is 0 Å². The number of nitrogens with one attached hydrogen (secondary N) is 1. The fraction of sp³-hybridized carbons (Fsp3) is 0.333. The summed E-state index contributed by atoms with van der Waals surface area (Å²) in [6.45, 7) is 6.03. The van der Waals surface area contributed by atoms with Crippen LogP contribution in [0.1, 0.15) is 67.6 Å². The summed E-state index contributed by atoms with van der Waals surface area (Å²) >= 11 is 0. The number of hydrogen-bond acceptors (Lipinski definition) is 4. The van der Waals surface area contributed by atoms with Gasteiger partial charge in [-0.3, -0.25) is 19.5 Å². The molecule has 0 saturated carbocycles. The predicted molar refractivity (Wildman–Crippen MR) is 144 cm³/mol. The van der Waals surface area contributed by atoms with Crippen molar-refractivity contribution in [2.24, 2.45) is 0 Å². The summed E-state index contributed by atoms with van der Waals surface area (Å²) in [6.07, 6.45) is 2.37. The van der Waals surface area contributed by atoms with Gasteiger partial charge in [-0.1, -0.05) is 35.4 Å². The summed E-state index contributed by atoms with van der Waals surface area (Å²) in [5.41, 5.74) is 6.07. The highest BCUT2D eigenvalue weighted by Crippen LogP contribution is 2.28. The highest BCUT2D eigenvalue weighted by Gasteiger charge is 2.29. The lowest BCUT2D eigenvalue weighted by Gasteiger charge is -2.32. The number of aromatic nitrogens is 3. The van der Waals surface area contributed by atoms with Crippen molar-refractivity contribution in [1.82, 2.24) is 24.4 Å². The maximum absolute atomic E-state index is 13.5. The van der Waals surface area contributed by atoms with Crippen LogP contribution in [-0.4, -0.2) is 55.8 Å². The van der Waals surface area contributed by atoms with Gasteiger partial charge in [0.1, 0.15) is 0 Å². The van der Waals surface area contributed by atoms with Crippen LogP contribution in [0.15, 0.2) is 59.4 Å². The van der Waals surface area contributed by atoms with Crippen molar-refractivity contribution < 1.29 is 9.59 Å². The number of fused-ring (bicyclic) bond motifs is 2. The van der Waals surface area contributed by atoms with Crippen molar-refractivity contribution in [2.75, 3.05) is 19.6 Å². The lowest BCUT2D eigenvalue weighted by atomic mass is 9.94.